The molecule has 0 aliphatic carbocycles. The molecule has 3 heterocycles. The van der Waals surface area contributed by atoms with Gasteiger partial charge in [0.15, 0.2) is 0 Å². The molecule has 120 valence electrons. The maximum atomic E-state index is 6.20. The summed E-state index contributed by atoms with van der Waals surface area (Å²) in [6.45, 7) is 10.3. The molecule has 0 spiro atoms. The normalized spacial score (nSPS) is 22.4. The van der Waals surface area contributed by atoms with Crippen molar-refractivity contribution in [3.8, 4) is 0 Å². The quantitative estimate of drug-likeness (QED) is 0.735. The number of rotatable bonds is 1. The fourth-order valence-electron chi connectivity index (χ4n) is 2.76. The first kappa shape index (κ1) is 15.8. The molecule has 1 aromatic rings. The summed E-state index contributed by atoms with van der Waals surface area (Å²) in [5.41, 5.74) is 2.02. The Bertz CT molecular complexity index is 611. The molecule has 0 radical (unpaired) electrons. The Labute approximate surface area is 140 Å². The monoisotopic (exact) mass is 339 g/mol. The number of thiophene rings is 1. The van der Waals surface area contributed by atoms with E-state index in [4.69, 9.17) is 21.7 Å². The zero-order valence-electron chi connectivity index (χ0n) is 13.5. The highest BCUT2D eigenvalue weighted by atomic mass is 35.5. The third-order valence-electron chi connectivity index (χ3n) is 3.98. The Balaban J connectivity index is 1.99. The summed E-state index contributed by atoms with van der Waals surface area (Å²) in [6, 6.07) is 2.13. The van der Waals surface area contributed by atoms with Crippen molar-refractivity contribution in [3.05, 3.63) is 15.3 Å². The second-order valence-electron chi connectivity index (χ2n) is 6.07. The number of hydrogen-bond donors (Lipinski definition) is 0. The molecule has 1 fully saturated rings. The van der Waals surface area contributed by atoms with Crippen molar-refractivity contribution in [1.82, 2.24) is 14.8 Å². The lowest BCUT2D eigenvalue weighted by molar-refractivity contribution is 0.187. The van der Waals surface area contributed by atoms with Gasteiger partial charge in [0.1, 0.15) is 0 Å². The Hall–Kier alpha value is -1.11. The molecule has 22 heavy (non-hydrogen) atoms. The van der Waals surface area contributed by atoms with Gasteiger partial charge in [0.25, 0.3) is 0 Å². The third kappa shape index (κ3) is 3.00. The lowest BCUT2D eigenvalue weighted by Crippen LogP contribution is -2.52. The Morgan fingerprint density at radius 2 is 2.00 bits per heavy atom. The first-order chi connectivity index (χ1) is 10.5. The van der Waals surface area contributed by atoms with Gasteiger partial charge in [-0.2, -0.15) is 5.10 Å². The van der Waals surface area contributed by atoms with Crippen molar-refractivity contribution in [2.24, 2.45) is 10.1 Å². The van der Waals surface area contributed by atoms with E-state index in [0.29, 0.717) is 0 Å². The van der Waals surface area contributed by atoms with Crippen molar-refractivity contribution in [2.75, 3.05) is 33.2 Å². The van der Waals surface area contributed by atoms with Gasteiger partial charge in [-0.25, -0.2) is 10.0 Å². The minimum Gasteiger partial charge on any atom is -0.338 e. The second-order valence-corrected chi connectivity index (χ2v) is 7.78. The number of likely N-dealkylation sites (N-methyl/N-ethyl adjacent to an activating group) is 1. The first-order valence-electron chi connectivity index (χ1n) is 7.58. The molecule has 5 nitrogen and oxygen atoms in total. The number of hydrogen-bond acceptors (Lipinski definition) is 6. The van der Waals surface area contributed by atoms with Gasteiger partial charge in [0.05, 0.1) is 20.9 Å². The number of guanidine groups is 1. The number of aliphatic imine (C=N–C) groups is 1. The van der Waals surface area contributed by atoms with Gasteiger partial charge in [-0.05, 0) is 33.9 Å². The van der Waals surface area contributed by atoms with E-state index < -0.39 is 0 Å². The lowest BCUT2D eigenvalue weighted by atomic mass is 10.2. The molecule has 7 heteroatoms. The fraction of sp³-hybridized carbons (Fsp3) is 0.600. The van der Waals surface area contributed by atoms with Crippen LogP contribution in [0, 0.1) is 0 Å². The molecular weight excluding hydrogens is 318 g/mol. The fourth-order valence-corrected chi connectivity index (χ4v) is 3.98. The number of hydrazone groups is 1. The molecule has 0 bridgehead atoms. The second kappa shape index (κ2) is 6.18. The zero-order chi connectivity index (χ0) is 15.9. The number of nitrogens with zero attached hydrogens (tertiary/aromatic N) is 5. The summed E-state index contributed by atoms with van der Waals surface area (Å²) in [7, 11) is 2.16. The van der Waals surface area contributed by atoms with Crippen LogP contribution in [-0.2, 0) is 0 Å². The topological polar surface area (TPSA) is 34.4 Å². The predicted octanol–water partition coefficient (Wildman–Crippen LogP) is 3.41. The van der Waals surface area contributed by atoms with Crippen molar-refractivity contribution in [1.29, 1.82) is 0 Å². The lowest BCUT2D eigenvalue weighted by Gasteiger charge is -2.40. The molecule has 1 aromatic heterocycles. The van der Waals surface area contributed by atoms with Crippen LogP contribution in [0.5, 0.6) is 0 Å². The summed E-state index contributed by atoms with van der Waals surface area (Å²) in [5.74, 6) is 0.948. The van der Waals surface area contributed by atoms with Crippen LogP contribution in [0.2, 0.25) is 4.34 Å². The Morgan fingerprint density at radius 3 is 2.64 bits per heavy atom. The van der Waals surface area contributed by atoms with Gasteiger partial charge in [-0.1, -0.05) is 11.6 Å². The minimum atomic E-state index is 0.162. The van der Waals surface area contributed by atoms with Crippen LogP contribution < -0.4 is 0 Å². The molecule has 0 saturated carbocycles. The summed E-state index contributed by atoms with van der Waals surface area (Å²) < 4.78 is 0.789. The van der Waals surface area contributed by atoms with Crippen LogP contribution >= 0.6 is 22.9 Å². The van der Waals surface area contributed by atoms with E-state index >= 15 is 0 Å². The van der Waals surface area contributed by atoms with Crippen molar-refractivity contribution < 1.29 is 0 Å². The van der Waals surface area contributed by atoms with Crippen LogP contribution in [0.4, 0.5) is 5.69 Å². The molecular formula is C15H22ClN5S. The van der Waals surface area contributed by atoms with Gasteiger partial charge in [-0.3, -0.25) is 0 Å². The highest BCUT2D eigenvalue weighted by Crippen LogP contribution is 2.43. The van der Waals surface area contributed by atoms with E-state index in [2.05, 4.69) is 28.8 Å². The van der Waals surface area contributed by atoms with E-state index in [9.17, 15) is 0 Å². The smallest absolute Gasteiger partial charge is 0.223 e. The van der Waals surface area contributed by atoms with Crippen LogP contribution in [0.25, 0.3) is 0 Å². The standard InChI is InChI=1S/C15H22ClN5S/c1-10(2)18-21-11(3)14-12(9-13(16)22-14)17-15(21)20-7-5-19(4)6-8-20/h9,11H,5-8H2,1-4H3. The molecule has 0 amide bonds. The van der Waals surface area contributed by atoms with E-state index in [1.807, 2.05) is 19.9 Å². The van der Waals surface area contributed by atoms with Gasteiger partial charge in [-0.15, -0.1) is 11.3 Å². The van der Waals surface area contributed by atoms with Gasteiger partial charge >= 0.3 is 0 Å². The molecule has 1 unspecified atom stereocenters. The third-order valence-corrected chi connectivity index (χ3v) is 5.40. The molecule has 3 rings (SSSR count). The molecule has 1 saturated heterocycles. The predicted molar refractivity (Wildman–Crippen MR) is 94.5 cm³/mol. The van der Waals surface area contributed by atoms with Crippen molar-refractivity contribution >= 4 is 40.3 Å². The molecule has 1 atom stereocenters. The van der Waals surface area contributed by atoms with Gasteiger partial charge in [0.2, 0.25) is 5.96 Å². The van der Waals surface area contributed by atoms with Crippen molar-refractivity contribution in [3.63, 3.8) is 0 Å². The van der Waals surface area contributed by atoms with Crippen LogP contribution in [0.3, 0.4) is 0 Å². The van der Waals surface area contributed by atoms with E-state index in [1.54, 1.807) is 11.3 Å². The summed E-state index contributed by atoms with van der Waals surface area (Å²) in [6.07, 6.45) is 0. The highest BCUT2D eigenvalue weighted by molar-refractivity contribution is 7.16. The largest absolute Gasteiger partial charge is 0.338 e. The Kier molecular flexibility index (Phi) is 4.43. The van der Waals surface area contributed by atoms with Crippen LogP contribution in [0.1, 0.15) is 31.7 Å². The highest BCUT2D eigenvalue weighted by Gasteiger charge is 2.33. The first-order valence-corrected chi connectivity index (χ1v) is 8.77. The van der Waals surface area contributed by atoms with E-state index in [1.165, 1.54) is 4.88 Å². The summed E-state index contributed by atoms with van der Waals surface area (Å²) in [4.78, 5) is 10.7. The zero-order valence-corrected chi connectivity index (χ0v) is 15.1. The summed E-state index contributed by atoms with van der Waals surface area (Å²) >= 11 is 7.80. The minimum absolute atomic E-state index is 0.162. The van der Waals surface area contributed by atoms with Crippen LogP contribution in [-0.4, -0.2) is 59.7 Å². The van der Waals surface area contributed by atoms with E-state index in [-0.39, 0.29) is 6.04 Å². The Morgan fingerprint density at radius 1 is 1.32 bits per heavy atom. The average molecular weight is 340 g/mol. The van der Waals surface area contributed by atoms with Gasteiger partial charge in [0, 0.05) is 31.9 Å². The summed E-state index contributed by atoms with van der Waals surface area (Å²) in [5, 5.41) is 6.78. The average Bonchev–Trinajstić information content (AvgIpc) is 2.83. The molecule has 0 N–H and O–H groups in total. The van der Waals surface area contributed by atoms with Gasteiger partial charge < -0.3 is 9.80 Å². The molecule has 2 aliphatic heterocycles. The SMILES string of the molecule is CC(C)=NN1C(N2CCN(C)CC2)=Nc2cc(Cl)sc2C1C. The maximum Gasteiger partial charge on any atom is 0.223 e. The maximum absolute atomic E-state index is 6.20. The molecule has 0 aromatic carbocycles. The molecule has 2 aliphatic rings. The van der Waals surface area contributed by atoms with Crippen molar-refractivity contribution in [2.45, 2.75) is 26.8 Å². The number of halogens is 1. The number of piperazine rings is 1. The van der Waals surface area contributed by atoms with Crippen LogP contribution in [0.15, 0.2) is 16.2 Å². The van der Waals surface area contributed by atoms with E-state index in [0.717, 1.165) is 47.9 Å². The number of fused-ring (bicyclic) bond motifs is 1.